The van der Waals surface area contributed by atoms with Crippen molar-refractivity contribution in [3.05, 3.63) is 11.6 Å². The molecular formula is C91H175N3O8. The normalized spacial score (nSPS) is 14.1. The van der Waals surface area contributed by atoms with Crippen molar-refractivity contribution < 1.29 is 38.1 Å². The van der Waals surface area contributed by atoms with Crippen LogP contribution in [0.15, 0.2) is 11.6 Å². The van der Waals surface area contributed by atoms with Crippen LogP contribution < -0.4 is 0 Å². The van der Waals surface area contributed by atoms with Crippen molar-refractivity contribution in [2.75, 3.05) is 85.3 Å². The summed E-state index contributed by atoms with van der Waals surface area (Å²) in [4.78, 5) is 62.3. The van der Waals surface area contributed by atoms with E-state index in [1.807, 2.05) is 0 Å². The lowest BCUT2D eigenvalue weighted by Gasteiger charge is -2.27. The molecule has 0 aromatic carbocycles. The van der Waals surface area contributed by atoms with Gasteiger partial charge in [0.1, 0.15) is 0 Å². The van der Waals surface area contributed by atoms with E-state index in [1.165, 1.54) is 205 Å². The van der Waals surface area contributed by atoms with Gasteiger partial charge >= 0.3 is 23.9 Å². The highest BCUT2D eigenvalue weighted by molar-refractivity contribution is 5.73. The fourth-order valence-corrected chi connectivity index (χ4v) is 15.3. The van der Waals surface area contributed by atoms with Crippen molar-refractivity contribution in [2.24, 2.45) is 23.7 Å². The Bertz CT molecular complexity index is 1760. The Balaban J connectivity index is 3.07. The molecule has 4 unspecified atom stereocenters. The van der Waals surface area contributed by atoms with Gasteiger partial charge in [-0.15, -0.1) is 0 Å². The van der Waals surface area contributed by atoms with Crippen molar-refractivity contribution >= 4 is 23.9 Å². The van der Waals surface area contributed by atoms with E-state index >= 15 is 0 Å². The molecule has 102 heavy (non-hydrogen) atoms. The van der Waals surface area contributed by atoms with E-state index in [1.54, 1.807) is 5.57 Å². The molecule has 0 N–H and O–H groups in total. The van der Waals surface area contributed by atoms with Crippen LogP contribution in [0.2, 0.25) is 0 Å². The lowest BCUT2D eigenvalue weighted by atomic mass is 9.94. The Kier molecular flexibility index (Phi) is 72.0. The predicted octanol–water partition coefficient (Wildman–Crippen LogP) is 26.0. The molecule has 11 nitrogen and oxygen atoms in total. The molecule has 1 aliphatic rings. The maximum atomic E-state index is 13.6. The third-order valence-corrected chi connectivity index (χ3v) is 22.4. The van der Waals surface area contributed by atoms with Crippen LogP contribution in [-0.2, 0) is 38.1 Å². The van der Waals surface area contributed by atoms with E-state index in [2.05, 4.69) is 76.2 Å². The zero-order chi connectivity index (χ0) is 74.1. The first-order chi connectivity index (χ1) is 50.1. The summed E-state index contributed by atoms with van der Waals surface area (Å²) >= 11 is 0. The van der Waals surface area contributed by atoms with E-state index in [9.17, 15) is 19.2 Å². The van der Waals surface area contributed by atoms with Gasteiger partial charge in [0, 0.05) is 26.2 Å². The molecule has 0 aromatic heterocycles. The third-order valence-electron chi connectivity index (χ3n) is 22.4. The molecule has 602 valence electrons. The van der Waals surface area contributed by atoms with Gasteiger partial charge in [-0.1, -0.05) is 324 Å². The topological polar surface area (TPSA) is 115 Å². The number of nitrogens with zero attached hydrogens (tertiary/aromatic N) is 3. The Morgan fingerprint density at radius 2 is 0.529 bits per heavy atom. The summed E-state index contributed by atoms with van der Waals surface area (Å²) in [5, 5.41) is 0. The summed E-state index contributed by atoms with van der Waals surface area (Å²) in [5.41, 5.74) is 1.60. The summed E-state index contributed by atoms with van der Waals surface area (Å²) in [6.45, 7) is 29.3. The van der Waals surface area contributed by atoms with Crippen LogP contribution in [0.25, 0.3) is 0 Å². The van der Waals surface area contributed by atoms with Gasteiger partial charge in [-0.05, 0) is 161 Å². The van der Waals surface area contributed by atoms with E-state index in [0.29, 0.717) is 26.4 Å². The van der Waals surface area contributed by atoms with Gasteiger partial charge in [-0.2, -0.15) is 0 Å². The van der Waals surface area contributed by atoms with Gasteiger partial charge in [-0.25, -0.2) is 0 Å². The summed E-state index contributed by atoms with van der Waals surface area (Å²) in [6, 6.07) is 0. The standard InChI is InChI=1S/C91H175N3O8/c1-9-17-25-33-37-45-65-84(61-41-29-21-13-5)88(95)99-79-53-49-70-92(71-50-54-80-100-89(96)85(62-42-30-22-14-6)66-46-38-34-26-18-10-2)74-57-59-83-60-58-75-94(76-69-83)78-77-93(72-51-55-81-101-90(97)86(63-43-31-23-15-7)67-47-39-35-27-19-11-3)73-52-56-82-102-91(98)87(64-44-32-24-16-8)68-48-40-36-28-20-12-4/h60,84-87H,9-59,61-82H2,1-8H3. The number of hydrogen-bond donors (Lipinski definition) is 0. The second kappa shape index (κ2) is 75.3. The third kappa shape index (κ3) is 59.5. The summed E-state index contributed by atoms with van der Waals surface area (Å²) in [6.07, 6.45) is 71.3. The van der Waals surface area contributed by atoms with E-state index in [0.717, 1.165) is 239 Å². The molecule has 0 saturated heterocycles. The molecule has 0 spiro atoms. The highest BCUT2D eigenvalue weighted by atomic mass is 16.5. The number of carbonyl (C=O) groups is 4. The van der Waals surface area contributed by atoms with Crippen molar-refractivity contribution in [3.8, 4) is 0 Å². The monoisotopic (exact) mass is 1440 g/mol. The maximum Gasteiger partial charge on any atom is 0.308 e. The van der Waals surface area contributed by atoms with E-state index < -0.39 is 0 Å². The molecule has 1 rings (SSSR count). The smallest absolute Gasteiger partial charge is 0.308 e. The molecule has 1 heterocycles. The highest BCUT2D eigenvalue weighted by Gasteiger charge is 2.24. The van der Waals surface area contributed by atoms with E-state index in [-0.39, 0.29) is 47.5 Å². The summed E-state index contributed by atoms with van der Waals surface area (Å²) < 4.78 is 24.3. The fourth-order valence-electron chi connectivity index (χ4n) is 15.3. The van der Waals surface area contributed by atoms with Gasteiger partial charge in [-0.3, -0.25) is 19.2 Å². The first-order valence-electron chi connectivity index (χ1n) is 45.6. The average Bonchev–Trinajstić information content (AvgIpc) is 1.82. The molecule has 0 bridgehead atoms. The van der Waals surface area contributed by atoms with Crippen LogP contribution in [0, 0.1) is 23.7 Å². The second-order valence-corrected chi connectivity index (χ2v) is 31.9. The average molecular weight is 1440 g/mol. The van der Waals surface area contributed by atoms with Crippen molar-refractivity contribution in [3.63, 3.8) is 0 Å². The predicted molar refractivity (Wildman–Crippen MR) is 438 cm³/mol. The highest BCUT2D eigenvalue weighted by Crippen LogP contribution is 2.26. The number of unbranched alkanes of at least 4 members (excludes halogenated alkanes) is 36. The molecule has 0 saturated carbocycles. The zero-order valence-electron chi connectivity index (χ0n) is 69.6. The quantitative estimate of drug-likeness (QED) is 0.0251. The first-order valence-corrected chi connectivity index (χ1v) is 45.6. The van der Waals surface area contributed by atoms with Gasteiger partial charge in [0.15, 0.2) is 0 Å². The van der Waals surface area contributed by atoms with Crippen LogP contribution in [0.5, 0.6) is 0 Å². The number of ether oxygens (including phenoxy) is 4. The molecule has 0 aromatic rings. The number of hydrogen-bond acceptors (Lipinski definition) is 11. The maximum absolute atomic E-state index is 13.6. The largest absolute Gasteiger partial charge is 0.465 e. The van der Waals surface area contributed by atoms with Crippen LogP contribution in [0.4, 0.5) is 0 Å². The lowest BCUT2D eigenvalue weighted by Crippen LogP contribution is -2.37. The van der Waals surface area contributed by atoms with E-state index in [4.69, 9.17) is 18.9 Å². The minimum Gasteiger partial charge on any atom is -0.465 e. The number of rotatable bonds is 79. The van der Waals surface area contributed by atoms with Crippen molar-refractivity contribution in [2.45, 2.75) is 441 Å². The summed E-state index contributed by atoms with van der Waals surface area (Å²) in [5.74, 6) is 0.304. The molecule has 0 aliphatic carbocycles. The van der Waals surface area contributed by atoms with Crippen molar-refractivity contribution in [1.29, 1.82) is 0 Å². The first kappa shape index (κ1) is 97.5. The molecule has 1 aliphatic heterocycles. The number of esters is 4. The van der Waals surface area contributed by atoms with Crippen LogP contribution in [0.1, 0.15) is 441 Å². The fraction of sp³-hybridized carbons (Fsp3) is 0.934. The molecule has 4 atom stereocenters. The van der Waals surface area contributed by atoms with Crippen molar-refractivity contribution in [1.82, 2.24) is 14.7 Å². The minimum absolute atomic E-state index is 0.0369. The second-order valence-electron chi connectivity index (χ2n) is 31.9. The Morgan fingerprint density at radius 3 is 0.804 bits per heavy atom. The lowest BCUT2D eigenvalue weighted by molar-refractivity contribution is -0.150. The molecule has 0 radical (unpaired) electrons. The van der Waals surface area contributed by atoms with Crippen LogP contribution in [0.3, 0.4) is 0 Å². The zero-order valence-corrected chi connectivity index (χ0v) is 69.6. The van der Waals surface area contributed by atoms with Gasteiger partial charge in [0.2, 0.25) is 0 Å². The Hall–Kier alpha value is -2.50. The molecule has 0 amide bonds. The van der Waals surface area contributed by atoms with Gasteiger partial charge in [0.05, 0.1) is 50.1 Å². The molecule has 0 fully saturated rings. The van der Waals surface area contributed by atoms with Crippen LogP contribution >= 0.6 is 0 Å². The molecule has 11 heteroatoms. The minimum atomic E-state index is 0.0369. The summed E-state index contributed by atoms with van der Waals surface area (Å²) in [7, 11) is 0. The molecular weight excluding hydrogens is 1260 g/mol. The number of carbonyl (C=O) groups excluding carboxylic acids is 4. The SMILES string of the molecule is CCCCCCCCC(CCCCCC)C(=O)OCCCCN(CCCCOC(=O)C(CCCCCC)CCCCCCCC)CCCC1=CCCN(CCN(CCCCOC(=O)C(CCCCCC)CCCCCCCC)CCCCOC(=O)C(CCCCCC)CCCCCCCC)CC1. The Labute approximate surface area is 634 Å². The van der Waals surface area contributed by atoms with Gasteiger partial charge < -0.3 is 33.6 Å². The Morgan fingerprint density at radius 1 is 0.294 bits per heavy atom. The van der Waals surface area contributed by atoms with Crippen LogP contribution in [-0.4, -0.2) is 124 Å². The van der Waals surface area contributed by atoms with Gasteiger partial charge in [0.25, 0.3) is 0 Å².